The van der Waals surface area contributed by atoms with E-state index in [9.17, 15) is 9.59 Å². The molecule has 0 radical (unpaired) electrons. The third kappa shape index (κ3) is 3.25. The number of aromatic nitrogens is 1. The summed E-state index contributed by atoms with van der Waals surface area (Å²) in [5, 5.41) is 8.15. The Morgan fingerprint density at radius 2 is 1.79 bits per heavy atom. The molecule has 6 nitrogen and oxygen atoms in total. The molecule has 3 amide bonds. The van der Waals surface area contributed by atoms with Crippen molar-refractivity contribution in [1.29, 1.82) is 0 Å². The van der Waals surface area contributed by atoms with Crippen LogP contribution in [0.25, 0.3) is 5.69 Å². The van der Waals surface area contributed by atoms with Gasteiger partial charge in [0.05, 0.1) is 6.21 Å². The number of hydrogen-bond acceptors (Lipinski definition) is 3. The summed E-state index contributed by atoms with van der Waals surface area (Å²) >= 11 is 2.29. The van der Waals surface area contributed by atoms with Crippen molar-refractivity contribution in [2.75, 3.05) is 0 Å². The minimum absolute atomic E-state index is 0.222. The van der Waals surface area contributed by atoms with E-state index < -0.39 is 11.6 Å². The van der Waals surface area contributed by atoms with E-state index in [1.54, 1.807) is 6.21 Å². The molecule has 1 aliphatic heterocycles. The van der Waals surface area contributed by atoms with Crippen LogP contribution >= 0.6 is 22.6 Å². The van der Waals surface area contributed by atoms with Crippen LogP contribution in [0, 0.1) is 17.4 Å². The Hall–Kier alpha value is -2.16. The highest BCUT2D eigenvalue weighted by Gasteiger charge is 2.51. The molecule has 1 aromatic heterocycles. The predicted molar refractivity (Wildman–Crippen MR) is 117 cm³/mol. The Bertz CT molecular complexity index is 956. The molecule has 1 N–H and O–H groups in total. The Labute approximate surface area is 178 Å². The molecule has 0 atom stereocenters. The zero-order chi connectivity index (χ0) is 19.9. The van der Waals surface area contributed by atoms with Gasteiger partial charge >= 0.3 is 6.03 Å². The molecule has 146 valence electrons. The first-order valence-electron chi connectivity index (χ1n) is 9.57. The van der Waals surface area contributed by atoms with Crippen LogP contribution in [0.2, 0.25) is 0 Å². The summed E-state index contributed by atoms with van der Waals surface area (Å²) in [4.78, 5) is 25.2. The minimum Gasteiger partial charge on any atom is -0.321 e. The van der Waals surface area contributed by atoms with Crippen molar-refractivity contribution in [1.82, 2.24) is 14.9 Å². The van der Waals surface area contributed by atoms with Crippen LogP contribution in [-0.2, 0) is 4.79 Å². The van der Waals surface area contributed by atoms with E-state index in [0.717, 1.165) is 46.9 Å². The monoisotopic (exact) mass is 490 g/mol. The molecule has 4 rings (SSSR count). The molecule has 2 aromatic rings. The minimum atomic E-state index is -0.745. The highest BCUT2D eigenvalue weighted by atomic mass is 127. The predicted octanol–water partition coefficient (Wildman–Crippen LogP) is 4.29. The van der Waals surface area contributed by atoms with Crippen molar-refractivity contribution in [3.8, 4) is 5.69 Å². The number of halogens is 1. The SMILES string of the molecule is Cc1cc(C=NN2C(=O)NC3(CCCCC3)C2=O)c(C)n1-c1ccc(I)cc1. The number of hydrogen-bond donors (Lipinski definition) is 1. The van der Waals surface area contributed by atoms with E-state index in [2.05, 4.69) is 61.8 Å². The molecule has 28 heavy (non-hydrogen) atoms. The summed E-state index contributed by atoms with van der Waals surface area (Å²) < 4.78 is 3.33. The quantitative estimate of drug-likeness (QED) is 0.397. The van der Waals surface area contributed by atoms with E-state index in [4.69, 9.17) is 0 Å². The lowest BCUT2D eigenvalue weighted by molar-refractivity contribution is -0.132. The fourth-order valence-electron chi connectivity index (χ4n) is 4.23. The number of aryl methyl sites for hydroxylation is 1. The number of benzene rings is 1. The molecule has 0 unspecified atom stereocenters. The molecule has 2 aliphatic rings. The van der Waals surface area contributed by atoms with Crippen LogP contribution in [-0.4, -0.2) is 33.3 Å². The number of urea groups is 1. The van der Waals surface area contributed by atoms with Crippen LogP contribution in [0.1, 0.15) is 49.1 Å². The average molecular weight is 490 g/mol. The van der Waals surface area contributed by atoms with Crippen LogP contribution in [0.3, 0.4) is 0 Å². The van der Waals surface area contributed by atoms with Gasteiger partial charge in [-0.1, -0.05) is 19.3 Å². The number of nitrogens with one attached hydrogen (secondary N) is 1. The Balaban J connectivity index is 1.60. The van der Waals surface area contributed by atoms with E-state index >= 15 is 0 Å². The number of carbonyl (C=O) groups is 2. The lowest BCUT2D eigenvalue weighted by atomic mass is 9.82. The third-order valence-electron chi connectivity index (χ3n) is 5.71. The summed E-state index contributed by atoms with van der Waals surface area (Å²) in [5.41, 5.74) is 3.31. The van der Waals surface area contributed by atoms with Gasteiger partial charge in [0.2, 0.25) is 0 Å². The molecule has 1 saturated heterocycles. The maximum absolute atomic E-state index is 12.8. The van der Waals surface area contributed by atoms with Crippen LogP contribution in [0.15, 0.2) is 35.4 Å². The Kier molecular flexibility index (Phi) is 5.03. The fourth-order valence-corrected chi connectivity index (χ4v) is 4.59. The van der Waals surface area contributed by atoms with Gasteiger partial charge in [0.15, 0.2) is 0 Å². The van der Waals surface area contributed by atoms with Crippen molar-refractivity contribution in [2.24, 2.45) is 5.10 Å². The number of carbonyl (C=O) groups excluding carboxylic acids is 2. The van der Waals surface area contributed by atoms with Crippen molar-refractivity contribution in [3.05, 3.63) is 50.9 Å². The fraction of sp³-hybridized carbons (Fsp3) is 0.381. The Morgan fingerprint density at radius 3 is 2.46 bits per heavy atom. The summed E-state index contributed by atoms with van der Waals surface area (Å²) in [7, 11) is 0. The number of hydrazone groups is 1. The second kappa shape index (κ2) is 7.35. The van der Waals surface area contributed by atoms with Crippen molar-refractivity contribution in [3.63, 3.8) is 0 Å². The lowest BCUT2D eigenvalue weighted by Gasteiger charge is -2.29. The highest BCUT2D eigenvalue weighted by molar-refractivity contribution is 14.1. The first kappa shape index (κ1) is 19.2. The summed E-state index contributed by atoms with van der Waals surface area (Å²) in [6.45, 7) is 4.05. The molecule has 0 bridgehead atoms. The maximum Gasteiger partial charge on any atom is 0.346 e. The zero-order valence-corrected chi connectivity index (χ0v) is 18.2. The largest absolute Gasteiger partial charge is 0.346 e. The number of rotatable bonds is 3. The zero-order valence-electron chi connectivity index (χ0n) is 16.0. The van der Waals surface area contributed by atoms with Crippen molar-refractivity contribution >= 4 is 40.7 Å². The number of imide groups is 1. The summed E-state index contributed by atoms with van der Waals surface area (Å²) in [6.07, 6.45) is 6.04. The molecule has 7 heteroatoms. The molecule has 1 saturated carbocycles. The molecule has 1 aromatic carbocycles. The smallest absolute Gasteiger partial charge is 0.321 e. The van der Waals surface area contributed by atoms with Gasteiger partial charge in [0, 0.05) is 26.2 Å². The molecular formula is C21H23IN4O2. The lowest BCUT2D eigenvalue weighted by Crippen LogP contribution is -2.48. The maximum atomic E-state index is 12.8. The van der Waals surface area contributed by atoms with Gasteiger partial charge in [-0.25, -0.2) is 4.79 Å². The number of amides is 3. The van der Waals surface area contributed by atoms with E-state index in [-0.39, 0.29) is 5.91 Å². The first-order chi connectivity index (χ1) is 13.4. The molecule has 1 spiro atoms. The van der Waals surface area contributed by atoms with Gasteiger partial charge < -0.3 is 9.88 Å². The van der Waals surface area contributed by atoms with Crippen LogP contribution < -0.4 is 5.32 Å². The van der Waals surface area contributed by atoms with Crippen LogP contribution in [0.4, 0.5) is 4.79 Å². The number of nitrogens with zero attached hydrogens (tertiary/aromatic N) is 3. The Morgan fingerprint density at radius 1 is 1.11 bits per heavy atom. The third-order valence-corrected chi connectivity index (χ3v) is 6.43. The molecular weight excluding hydrogens is 467 g/mol. The van der Waals surface area contributed by atoms with E-state index in [1.165, 1.54) is 3.57 Å². The highest BCUT2D eigenvalue weighted by Crippen LogP contribution is 2.33. The van der Waals surface area contributed by atoms with Gasteiger partial charge in [-0.2, -0.15) is 5.10 Å². The van der Waals surface area contributed by atoms with Crippen LogP contribution in [0.5, 0.6) is 0 Å². The second-order valence-corrected chi connectivity index (χ2v) is 8.82. The van der Waals surface area contributed by atoms with Gasteiger partial charge in [0.25, 0.3) is 5.91 Å². The molecule has 2 fully saturated rings. The van der Waals surface area contributed by atoms with Crippen molar-refractivity contribution < 1.29 is 9.59 Å². The average Bonchev–Trinajstić information content (AvgIpc) is 3.08. The standard InChI is InChI=1S/C21H23IN4O2/c1-14-12-16(15(2)25(14)18-8-6-17(22)7-9-18)13-23-26-19(27)21(24-20(26)28)10-4-3-5-11-21/h6-9,12-13H,3-5,10-11H2,1-2H3,(H,24,28). The summed E-state index contributed by atoms with van der Waals surface area (Å²) in [5.74, 6) is -0.222. The van der Waals surface area contributed by atoms with Gasteiger partial charge in [-0.3, -0.25) is 4.79 Å². The van der Waals surface area contributed by atoms with Crippen molar-refractivity contribution in [2.45, 2.75) is 51.5 Å². The van der Waals surface area contributed by atoms with Gasteiger partial charge in [0.1, 0.15) is 5.54 Å². The first-order valence-corrected chi connectivity index (χ1v) is 10.6. The normalized spacial score (nSPS) is 19.0. The topological polar surface area (TPSA) is 66.7 Å². The molecule has 2 heterocycles. The van der Waals surface area contributed by atoms with Gasteiger partial charge in [-0.15, -0.1) is 5.01 Å². The summed E-state index contributed by atoms with van der Waals surface area (Å²) in [6, 6.07) is 9.89. The van der Waals surface area contributed by atoms with E-state index in [0.29, 0.717) is 12.8 Å². The van der Waals surface area contributed by atoms with Gasteiger partial charge in [-0.05, 0) is 79.6 Å². The molecule has 1 aliphatic carbocycles. The second-order valence-electron chi connectivity index (χ2n) is 7.57. The van der Waals surface area contributed by atoms with E-state index in [1.807, 2.05) is 19.9 Å².